The molecule has 2 N–H and O–H groups in total. The van der Waals surface area contributed by atoms with E-state index in [4.69, 9.17) is 4.42 Å². The van der Waals surface area contributed by atoms with Crippen molar-refractivity contribution in [2.45, 2.75) is 31.2 Å². The molecular formula is C25H25N5O3S. The van der Waals surface area contributed by atoms with E-state index in [9.17, 15) is 9.59 Å². The number of rotatable bonds is 10. The summed E-state index contributed by atoms with van der Waals surface area (Å²) in [5.41, 5.74) is 2.07. The Balaban J connectivity index is 1.36. The minimum absolute atomic E-state index is 0.0986. The van der Waals surface area contributed by atoms with Crippen molar-refractivity contribution in [2.75, 3.05) is 5.75 Å². The summed E-state index contributed by atoms with van der Waals surface area (Å²) in [4.78, 5) is 24.9. The maximum atomic E-state index is 12.5. The number of carbonyl (C=O) groups is 2. The van der Waals surface area contributed by atoms with E-state index in [1.54, 1.807) is 19.3 Å². The second-order valence-electron chi connectivity index (χ2n) is 7.64. The Hall–Kier alpha value is -3.85. The maximum absolute atomic E-state index is 12.5. The van der Waals surface area contributed by atoms with E-state index in [-0.39, 0.29) is 17.6 Å². The van der Waals surface area contributed by atoms with Crippen LogP contribution in [0.5, 0.6) is 0 Å². The van der Waals surface area contributed by atoms with Crippen LogP contribution in [0.2, 0.25) is 0 Å². The minimum atomic E-state index is -0.655. The van der Waals surface area contributed by atoms with Crippen LogP contribution in [0.25, 0.3) is 11.6 Å². The van der Waals surface area contributed by atoms with Crippen LogP contribution in [0.4, 0.5) is 0 Å². The largest absolute Gasteiger partial charge is 0.461 e. The highest BCUT2D eigenvalue weighted by molar-refractivity contribution is 7.99. The molecule has 0 aliphatic carbocycles. The summed E-state index contributed by atoms with van der Waals surface area (Å²) in [6.45, 7) is 2.61. The van der Waals surface area contributed by atoms with Gasteiger partial charge in [-0.2, -0.15) is 0 Å². The van der Waals surface area contributed by atoms with Crippen molar-refractivity contribution >= 4 is 23.6 Å². The summed E-state index contributed by atoms with van der Waals surface area (Å²) in [6.07, 6.45) is 1.58. The molecule has 0 fully saturated rings. The molecule has 1 atom stereocenters. The van der Waals surface area contributed by atoms with Crippen molar-refractivity contribution in [2.24, 2.45) is 0 Å². The van der Waals surface area contributed by atoms with E-state index >= 15 is 0 Å². The maximum Gasteiger partial charge on any atom is 0.242 e. The van der Waals surface area contributed by atoms with E-state index < -0.39 is 6.04 Å². The van der Waals surface area contributed by atoms with Gasteiger partial charge in [0.15, 0.2) is 10.9 Å². The monoisotopic (exact) mass is 475 g/mol. The van der Waals surface area contributed by atoms with Crippen LogP contribution >= 0.6 is 11.8 Å². The molecule has 0 aliphatic rings. The van der Waals surface area contributed by atoms with Gasteiger partial charge in [0.1, 0.15) is 6.04 Å². The molecule has 0 bridgehead atoms. The molecule has 2 heterocycles. The summed E-state index contributed by atoms with van der Waals surface area (Å²) in [7, 11) is 0. The number of benzene rings is 2. The highest BCUT2D eigenvalue weighted by atomic mass is 32.2. The molecule has 0 saturated carbocycles. The molecular weight excluding hydrogens is 450 g/mol. The van der Waals surface area contributed by atoms with Gasteiger partial charge in [0.2, 0.25) is 17.6 Å². The molecule has 0 aliphatic heterocycles. The molecule has 8 nitrogen and oxygen atoms in total. The van der Waals surface area contributed by atoms with Gasteiger partial charge in [0.25, 0.3) is 0 Å². The van der Waals surface area contributed by atoms with Crippen molar-refractivity contribution in [1.29, 1.82) is 0 Å². The molecule has 1 unspecified atom stereocenters. The van der Waals surface area contributed by atoms with Gasteiger partial charge in [0, 0.05) is 6.54 Å². The van der Waals surface area contributed by atoms with E-state index in [0.717, 1.165) is 11.1 Å². The quantitative estimate of drug-likeness (QED) is 0.341. The molecule has 34 heavy (non-hydrogen) atoms. The van der Waals surface area contributed by atoms with Crippen LogP contribution in [0.15, 0.2) is 88.6 Å². The first-order valence-corrected chi connectivity index (χ1v) is 11.8. The lowest BCUT2D eigenvalue weighted by atomic mass is 10.2. The first kappa shape index (κ1) is 23.3. The lowest BCUT2D eigenvalue weighted by Crippen LogP contribution is -2.45. The number of carbonyl (C=O) groups excluding carboxylic acids is 2. The van der Waals surface area contributed by atoms with Gasteiger partial charge < -0.3 is 15.1 Å². The van der Waals surface area contributed by atoms with Gasteiger partial charge >= 0.3 is 0 Å². The third-order valence-electron chi connectivity index (χ3n) is 5.05. The Bertz CT molecular complexity index is 1210. The van der Waals surface area contributed by atoms with Crippen molar-refractivity contribution in [1.82, 2.24) is 25.4 Å². The zero-order valence-corrected chi connectivity index (χ0v) is 19.5. The molecule has 4 aromatic rings. The van der Waals surface area contributed by atoms with Crippen LogP contribution in [0, 0.1) is 0 Å². The smallest absolute Gasteiger partial charge is 0.242 e. The van der Waals surface area contributed by atoms with E-state index in [2.05, 4.69) is 20.8 Å². The number of aromatic nitrogens is 3. The summed E-state index contributed by atoms with van der Waals surface area (Å²) in [5, 5.41) is 14.7. The Morgan fingerprint density at radius 3 is 2.35 bits per heavy atom. The number of nitrogens with zero attached hydrogens (tertiary/aromatic N) is 3. The molecule has 2 aromatic heterocycles. The molecule has 9 heteroatoms. The van der Waals surface area contributed by atoms with Gasteiger partial charge in [-0.15, -0.1) is 10.2 Å². The SMILES string of the molecule is CC(NC(=O)CSc1nnc(-c2ccco2)n1Cc1ccccc1)C(=O)NCc1ccccc1. The van der Waals surface area contributed by atoms with Gasteiger partial charge in [0.05, 0.1) is 18.6 Å². The van der Waals surface area contributed by atoms with E-state index in [0.29, 0.717) is 29.8 Å². The van der Waals surface area contributed by atoms with Crippen LogP contribution in [-0.2, 0) is 22.7 Å². The average Bonchev–Trinajstić information content (AvgIpc) is 3.52. The van der Waals surface area contributed by atoms with Gasteiger partial charge in [-0.25, -0.2) is 0 Å². The first-order chi connectivity index (χ1) is 16.6. The number of nitrogens with one attached hydrogen (secondary N) is 2. The fourth-order valence-corrected chi connectivity index (χ4v) is 4.06. The highest BCUT2D eigenvalue weighted by Gasteiger charge is 2.19. The predicted octanol–water partition coefficient (Wildman–Crippen LogP) is 3.50. The molecule has 174 valence electrons. The number of furan rings is 1. The van der Waals surface area contributed by atoms with Crippen LogP contribution in [0.3, 0.4) is 0 Å². The average molecular weight is 476 g/mol. The van der Waals surface area contributed by atoms with Crippen molar-refractivity contribution < 1.29 is 14.0 Å². The predicted molar refractivity (Wildman–Crippen MR) is 130 cm³/mol. The molecule has 0 saturated heterocycles. The van der Waals surface area contributed by atoms with Gasteiger partial charge in [-0.05, 0) is 30.2 Å². The number of hydrogen-bond donors (Lipinski definition) is 2. The molecule has 2 aromatic carbocycles. The lowest BCUT2D eigenvalue weighted by molar-refractivity contribution is -0.127. The normalized spacial score (nSPS) is 11.7. The van der Waals surface area contributed by atoms with Gasteiger partial charge in [-0.3, -0.25) is 14.2 Å². The molecule has 4 rings (SSSR count). The zero-order valence-electron chi connectivity index (χ0n) is 18.7. The standard InChI is InChI=1S/C25H25N5O3S/c1-18(24(32)26-15-19-9-4-2-5-10-19)27-22(31)17-34-25-29-28-23(21-13-8-14-33-21)30(25)16-20-11-6-3-7-12-20/h2-14,18H,15-17H2,1H3,(H,26,32)(H,27,31). The second-order valence-corrected chi connectivity index (χ2v) is 8.58. The fourth-order valence-electron chi connectivity index (χ4n) is 3.31. The number of amides is 2. The van der Waals surface area contributed by atoms with Crippen molar-refractivity contribution in [3.05, 3.63) is 90.2 Å². The number of thioether (sulfide) groups is 1. The van der Waals surface area contributed by atoms with E-state index in [1.165, 1.54) is 11.8 Å². The fraction of sp³-hybridized carbons (Fsp3) is 0.200. The lowest BCUT2D eigenvalue weighted by Gasteiger charge is -2.14. The second kappa shape index (κ2) is 11.3. The Morgan fingerprint density at radius 2 is 1.68 bits per heavy atom. The van der Waals surface area contributed by atoms with Gasteiger partial charge in [-0.1, -0.05) is 72.4 Å². The van der Waals surface area contributed by atoms with Crippen LogP contribution < -0.4 is 10.6 Å². The molecule has 0 radical (unpaired) electrons. The molecule has 2 amide bonds. The van der Waals surface area contributed by atoms with E-state index in [1.807, 2.05) is 71.3 Å². The third kappa shape index (κ3) is 6.14. The van der Waals surface area contributed by atoms with Crippen LogP contribution in [0.1, 0.15) is 18.1 Å². The molecule has 0 spiro atoms. The Morgan fingerprint density at radius 1 is 0.971 bits per heavy atom. The summed E-state index contributed by atoms with van der Waals surface area (Å²) in [6, 6.07) is 22.5. The van der Waals surface area contributed by atoms with Crippen LogP contribution in [-0.4, -0.2) is 38.4 Å². The Kier molecular flexibility index (Phi) is 7.77. The summed E-state index contributed by atoms with van der Waals surface area (Å²) in [5.74, 6) is 0.783. The minimum Gasteiger partial charge on any atom is -0.461 e. The summed E-state index contributed by atoms with van der Waals surface area (Å²) < 4.78 is 7.43. The summed E-state index contributed by atoms with van der Waals surface area (Å²) >= 11 is 1.26. The zero-order chi connectivity index (χ0) is 23.8. The van der Waals surface area contributed by atoms with Crippen molar-refractivity contribution in [3.8, 4) is 11.6 Å². The first-order valence-electron chi connectivity index (χ1n) is 10.8. The highest BCUT2D eigenvalue weighted by Crippen LogP contribution is 2.25. The third-order valence-corrected chi connectivity index (χ3v) is 6.02. The number of hydrogen-bond acceptors (Lipinski definition) is 6. The van der Waals surface area contributed by atoms with Crippen molar-refractivity contribution in [3.63, 3.8) is 0 Å². The topological polar surface area (TPSA) is 102 Å². The Labute approximate surface area is 201 Å².